The molecule has 3 heteroatoms. The fourth-order valence-corrected chi connectivity index (χ4v) is 2.63. The molecule has 2 rings (SSSR count). The predicted molar refractivity (Wildman–Crippen MR) is 62.0 cm³/mol. The maximum Gasteiger partial charge on any atom is 0.0507 e. The van der Waals surface area contributed by atoms with E-state index in [1.807, 2.05) is 0 Å². The Morgan fingerprint density at radius 1 is 1.47 bits per heavy atom. The summed E-state index contributed by atoms with van der Waals surface area (Å²) in [5, 5.41) is 3.50. The van der Waals surface area contributed by atoms with Crippen LogP contribution in [-0.4, -0.2) is 50.8 Å². The lowest BCUT2D eigenvalue weighted by atomic mass is 10.1. The standard InChI is InChI=1S/C12H24N2O/c1-11-7-13-4-2-5-14(8-11)9-12-3-6-15-10-12/h11-13H,2-10H2,1H3. The zero-order valence-corrected chi connectivity index (χ0v) is 9.87. The zero-order chi connectivity index (χ0) is 10.5. The fourth-order valence-electron chi connectivity index (χ4n) is 2.63. The van der Waals surface area contributed by atoms with E-state index in [2.05, 4.69) is 17.1 Å². The smallest absolute Gasteiger partial charge is 0.0507 e. The Hall–Kier alpha value is -0.120. The van der Waals surface area contributed by atoms with Crippen LogP contribution in [0.25, 0.3) is 0 Å². The van der Waals surface area contributed by atoms with E-state index in [-0.39, 0.29) is 0 Å². The van der Waals surface area contributed by atoms with Gasteiger partial charge in [-0.15, -0.1) is 0 Å². The highest BCUT2D eigenvalue weighted by Gasteiger charge is 2.20. The molecule has 0 saturated carbocycles. The van der Waals surface area contributed by atoms with Crippen molar-refractivity contribution in [3.05, 3.63) is 0 Å². The maximum atomic E-state index is 5.44. The number of nitrogens with one attached hydrogen (secondary N) is 1. The van der Waals surface area contributed by atoms with Gasteiger partial charge in [0, 0.05) is 19.7 Å². The van der Waals surface area contributed by atoms with Gasteiger partial charge in [-0.05, 0) is 44.3 Å². The van der Waals surface area contributed by atoms with Crippen molar-refractivity contribution in [3.63, 3.8) is 0 Å². The first kappa shape index (κ1) is 11.4. The van der Waals surface area contributed by atoms with Crippen molar-refractivity contribution in [1.29, 1.82) is 0 Å². The third kappa shape index (κ3) is 3.74. The molecule has 2 unspecified atom stereocenters. The largest absolute Gasteiger partial charge is 0.381 e. The van der Waals surface area contributed by atoms with Gasteiger partial charge < -0.3 is 15.0 Å². The SMILES string of the molecule is CC1CNCCCN(CC2CCOC2)C1. The Bertz CT molecular complexity index is 180. The third-order valence-electron chi connectivity index (χ3n) is 3.43. The summed E-state index contributed by atoms with van der Waals surface area (Å²) in [6, 6.07) is 0. The minimum Gasteiger partial charge on any atom is -0.381 e. The van der Waals surface area contributed by atoms with Crippen LogP contribution in [-0.2, 0) is 4.74 Å². The molecule has 2 fully saturated rings. The fraction of sp³-hybridized carbons (Fsp3) is 1.00. The molecule has 3 nitrogen and oxygen atoms in total. The molecule has 0 aromatic rings. The molecule has 0 aromatic heterocycles. The van der Waals surface area contributed by atoms with Crippen LogP contribution in [0.5, 0.6) is 0 Å². The molecule has 2 saturated heterocycles. The number of rotatable bonds is 2. The average Bonchev–Trinajstić information content (AvgIpc) is 2.66. The van der Waals surface area contributed by atoms with Crippen LogP contribution < -0.4 is 5.32 Å². The van der Waals surface area contributed by atoms with Crippen molar-refractivity contribution in [2.75, 3.05) is 45.9 Å². The minimum atomic E-state index is 0.785. The molecule has 0 aromatic carbocycles. The van der Waals surface area contributed by atoms with E-state index in [9.17, 15) is 0 Å². The van der Waals surface area contributed by atoms with E-state index in [4.69, 9.17) is 4.74 Å². The van der Waals surface area contributed by atoms with Crippen molar-refractivity contribution in [2.45, 2.75) is 19.8 Å². The highest BCUT2D eigenvalue weighted by molar-refractivity contribution is 4.74. The Morgan fingerprint density at radius 2 is 2.40 bits per heavy atom. The van der Waals surface area contributed by atoms with Gasteiger partial charge in [0.1, 0.15) is 0 Å². The summed E-state index contributed by atoms with van der Waals surface area (Å²) >= 11 is 0. The van der Waals surface area contributed by atoms with Crippen LogP contribution in [0.3, 0.4) is 0 Å². The second kappa shape index (κ2) is 5.83. The van der Waals surface area contributed by atoms with Crippen molar-refractivity contribution in [2.24, 2.45) is 11.8 Å². The van der Waals surface area contributed by atoms with E-state index in [0.717, 1.165) is 25.0 Å². The number of hydrogen-bond acceptors (Lipinski definition) is 3. The van der Waals surface area contributed by atoms with Crippen LogP contribution in [0.1, 0.15) is 19.8 Å². The molecular weight excluding hydrogens is 188 g/mol. The number of ether oxygens (including phenoxy) is 1. The van der Waals surface area contributed by atoms with Crippen molar-refractivity contribution in [3.8, 4) is 0 Å². The molecule has 0 aliphatic carbocycles. The highest BCUT2D eigenvalue weighted by Crippen LogP contribution is 2.15. The normalized spacial score (nSPS) is 35.0. The van der Waals surface area contributed by atoms with E-state index in [0.29, 0.717) is 0 Å². The Balaban J connectivity index is 1.77. The first-order valence-electron chi connectivity index (χ1n) is 6.35. The monoisotopic (exact) mass is 212 g/mol. The van der Waals surface area contributed by atoms with Gasteiger partial charge in [-0.1, -0.05) is 6.92 Å². The predicted octanol–water partition coefficient (Wildman–Crippen LogP) is 0.954. The molecule has 88 valence electrons. The van der Waals surface area contributed by atoms with Crippen molar-refractivity contribution >= 4 is 0 Å². The van der Waals surface area contributed by atoms with Crippen LogP contribution in [0.2, 0.25) is 0 Å². The third-order valence-corrected chi connectivity index (χ3v) is 3.43. The first-order chi connectivity index (χ1) is 7.34. The Morgan fingerprint density at radius 3 is 3.20 bits per heavy atom. The first-order valence-corrected chi connectivity index (χ1v) is 6.35. The maximum absolute atomic E-state index is 5.44. The quantitative estimate of drug-likeness (QED) is 0.738. The van der Waals surface area contributed by atoms with Gasteiger partial charge in [0.25, 0.3) is 0 Å². The second-order valence-electron chi connectivity index (χ2n) is 5.15. The summed E-state index contributed by atoms with van der Waals surface area (Å²) in [7, 11) is 0. The molecule has 0 bridgehead atoms. The lowest BCUT2D eigenvalue weighted by Crippen LogP contribution is -2.41. The Labute approximate surface area is 93.2 Å². The minimum absolute atomic E-state index is 0.785. The Kier molecular flexibility index (Phi) is 4.42. The molecular formula is C12H24N2O. The molecule has 15 heavy (non-hydrogen) atoms. The van der Waals surface area contributed by atoms with Crippen molar-refractivity contribution in [1.82, 2.24) is 10.2 Å². The van der Waals surface area contributed by atoms with Crippen LogP contribution in [0.15, 0.2) is 0 Å². The van der Waals surface area contributed by atoms with E-state index < -0.39 is 0 Å². The number of nitrogens with zero attached hydrogens (tertiary/aromatic N) is 1. The summed E-state index contributed by atoms with van der Waals surface area (Å²) in [5.41, 5.74) is 0. The second-order valence-corrected chi connectivity index (χ2v) is 5.15. The van der Waals surface area contributed by atoms with Gasteiger partial charge in [-0.3, -0.25) is 0 Å². The summed E-state index contributed by atoms with van der Waals surface area (Å²) in [5.74, 6) is 1.58. The molecule has 2 atom stereocenters. The van der Waals surface area contributed by atoms with Crippen LogP contribution >= 0.6 is 0 Å². The summed E-state index contributed by atoms with van der Waals surface area (Å²) < 4.78 is 5.44. The molecule has 2 aliphatic heterocycles. The lowest BCUT2D eigenvalue weighted by molar-refractivity contribution is 0.154. The van der Waals surface area contributed by atoms with E-state index in [1.165, 1.54) is 45.6 Å². The van der Waals surface area contributed by atoms with Crippen LogP contribution in [0.4, 0.5) is 0 Å². The van der Waals surface area contributed by atoms with Gasteiger partial charge in [0.05, 0.1) is 6.61 Å². The lowest BCUT2D eigenvalue weighted by Gasteiger charge is -2.30. The van der Waals surface area contributed by atoms with Gasteiger partial charge >= 0.3 is 0 Å². The van der Waals surface area contributed by atoms with Crippen LogP contribution in [0, 0.1) is 11.8 Å². The van der Waals surface area contributed by atoms with Gasteiger partial charge in [-0.2, -0.15) is 0 Å². The molecule has 1 N–H and O–H groups in total. The molecule has 2 heterocycles. The summed E-state index contributed by atoms with van der Waals surface area (Å²) in [4.78, 5) is 2.64. The van der Waals surface area contributed by atoms with E-state index in [1.54, 1.807) is 0 Å². The molecule has 0 spiro atoms. The van der Waals surface area contributed by atoms with Crippen molar-refractivity contribution < 1.29 is 4.74 Å². The zero-order valence-electron chi connectivity index (χ0n) is 9.87. The number of hydrogen-bond donors (Lipinski definition) is 1. The molecule has 0 radical (unpaired) electrons. The summed E-state index contributed by atoms with van der Waals surface area (Å²) in [6.45, 7) is 10.4. The summed E-state index contributed by atoms with van der Waals surface area (Å²) in [6.07, 6.45) is 2.56. The van der Waals surface area contributed by atoms with Gasteiger partial charge in [0.15, 0.2) is 0 Å². The van der Waals surface area contributed by atoms with E-state index >= 15 is 0 Å². The van der Waals surface area contributed by atoms with Gasteiger partial charge in [0.2, 0.25) is 0 Å². The highest BCUT2D eigenvalue weighted by atomic mass is 16.5. The van der Waals surface area contributed by atoms with Gasteiger partial charge in [-0.25, -0.2) is 0 Å². The molecule has 0 amide bonds. The molecule has 2 aliphatic rings. The topological polar surface area (TPSA) is 24.5 Å². The average molecular weight is 212 g/mol.